The highest BCUT2D eigenvalue weighted by Gasteiger charge is 2.29. The minimum absolute atomic E-state index is 0.183. The second-order valence-electron chi connectivity index (χ2n) is 3.42. The number of aliphatic hydroxyl groups is 2. The highest BCUT2D eigenvalue weighted by Crippen LogP contribution is 2.16. The lowest BCUT2D eigenvalue weighted by Crippen LogP contribution is -2.39. The first-order valence-electron chi connectivity index (χ1n) is 4.83. The molecule has 0 unspecified atom stereocenters. The molecule has 15 heavy (non-hydrogen) atoms. The Hall–Kier alpha value is -0.680. The molecule has 0 saturated carbocycles. The van der Waals surface area contributed by atoms with E-state index in [4.69, 9.17) is 9.47 Å². The molecule has 4 heteroatoms. The molecule has 88 valence electrons. The average molecular weight is 216 g/mol. The summed E-state index contributed by atoms with van der Waals surface area (Å²) in [5, 5.41) is 18.4. The largest absolute Gasteiger partial charge is 0.396 e. The molecule has 0 bridgehead atoms. The van der Waals surface area contributed by atoms with E-state index in [9.17, 15) is 10.2 Å². The van der Waals surface area contributed by atoms with Gasteiger partial charge >= 0.3 is 0 Å². The summed E-state index contributed by atoms with van der Waals surface area (Å²) in [5.74, 6) is 0. The van der Waals surface area contributed by atoms with Crippen LogP contribution in [0.15, 0.2) is 25.3 Å². The van der Waals surface area contributed by atoms with E-state index in [1.807, 2.05) is 0 Å². The Bertz CT molecular complexity index is 159. The topological polar surface area (TPSA) is 58.9 Å². The average Bonchev–Trinajstić information content (AvgIpc) is 2.28. The van der Waals surface area contributed by atoms with Gasteiger partial charge in [0.05, 0.1) is 45.1 Å². The van der Waals surface area contributed by atoms with E-state index in [1.165, 1.54) is 0 Å². The van der Waals surface area contributed by atoms with E-state index in [0.717, 1.165) is 0 Å². The molecule has 0 amide bonds. The third-order valence-corrected chi connectivity index (χ3v) is 1.96. The molecule has 0 aliphatic carbocycles. The molecule has 0 aromatic carbocycles. The Morgan fingerprint density at radius 1 is 0.933 bits per heavy atom. The van der Waals surface area contributed by atoms with E-state index in [1.54, 1.807) is 12.2 Å². The lowest BCUT2D eigenvalue weighted by atomic mass is 9.92. The van der Waals surface area contributed by atoms with Crippen LogP contribution < -0.4 is 0 Å². The first-order valence-corrected chi connectivity index (χ1v) is 4.83. The van der Waals surface area contributed by atoms with Gasteiger partial charge in [0.1, 0.15) is 0 Å². The fourth-order valence-corrected chi connectivity index (χ4v) is 0.992. The highest BCUT2D eigenvalue weighted by molar-refractivity contribution is 4.79. The van der Waals surface area contributed by atoms with Crippen molar-refractivity contribution in [2.24, 2.45) is 5.41 Å². The van der Waals surface area contributed by atoms with E-state index in [-0.39, 0.29) is 26.4 Å². The predicted molar refractivity (Wildman–Crippen MR) is 58.6 cm³/mol. The Labute approximate surface area is 90.8 Å². The number of ether oxygens (including phenoxy) is 2. The van der Waals surface area contributed by atoms with Gasteiger partial charge in [-0.15, -0.1) is 13.2 Å². The monoisotopic (exact) mass is 216 g/mol. The number of rotatable bonds is 10. The molecular formula is C11H20O4. The van der Waals surface area contributed by atoms with Crippen molar-refractivity contribution in [2.45, 2.75) is 0 Å². The Morgan fingerprint density at radius 2 is 1.33 bits per heavy atom. The van der Waals surface area contributed by atoms with Crippen LogP contribution in [-0.4, -0.2) is 49.9 Å². The molecule has 0 aromatic heterocycles. The SMILES string of the molecule is C=CCOCC(CO)(CO)COCC=C. The van der Waals surface area contributed by atoms with E-state index in [2.05, 4.69) is 13.2 Å². The van der Waals surface area contributed by atoms with Gasteiger partial charge in [-0.05, 0) is 0 Å². The summed E-state index contributed by atoms with van der Waals surface area (Å²) in [6.07, 6.45) is 3.23. The molecule has 0 fully saturated rings. The molecule has 0 aromatic rings. The smallest absolute Gasteiger partial charge is 0.0645 e. The summed E-state index contributed by atoms with van der Waals surface area (Å²) in [4.78, 5) is 0. The maximum Gasteiger partial charge on any atom is 0.0645 e. The van der Waals surface area contributed by atoms with Crippen molar-refractivity contribution >= 4 is 0 Å². The van der Waals surface area contributed by atoms with Crippen LogP contribution in [0.1, 0.15) is 0 Å². The van der Waals surface area contributed by atoms with E-state index < -0.39 is 5.41 Å². The molecule has 0 aliphatic rings. The van der Waals surface area contributed by atoms with E-state index >= 15 is 0 Å². The summed E-state index contributed by atoms with van der Waals surface area (Å²) in [6, 6.07) is 0. The third kappa shape index (κ3) is 5.69. The van der Waals surface area contributed by atoms with Crippen LogP contribution in [0.3, 0.4) is 0 Å². The van der Waals surface area contributed by atoms with Crippen LogP contribution in [0.2, 0.25) is 0 Å². The van der Waals surface area contributed by atoms with Crippen molar-refractivity contribution in [3.8, 4) is 0 Å². The summed E-state index contributed by atoms with van der Waals surface area (Å²) in [7, 11) is 0. The van der Waals surface area contributed by atoms with Crippen molar-refractivity contribution in [3.05, 3.63) is 25.3 Å². The fourth-order valence-electron chi connectivity index (χ4n) is 0.992. The first-order chi connectivity index (χ1) is 7.24. The molecule has 0 rings (SSSR count). The maximum absolute atomic E-state index is 9.20. The van der Waals surface area contributed by atoms with E-state index in [0.29, 0.717) is 13.2 Å². The fraction of sp³-hybridized carbons (Fsp3) is 0.636. The second kappa shape index (κ2) is 8.61. The summed E-state index contributed by atoms with van der Waals surface area (Å²) < 4.78 is 10.4. The minimum atomic E-state index is -0.744. The molecule has 0 aliphatic heterocycles. The molecule has 0 radical (unpaired) electrons. The summed E-state index contributed by atoms with van der Waals surface area (Å²) >= 11 is 0. The van der Waals surface area contributed by atoms with Gasteiger partial charge in [-0.25, -0.2) is 0 Å². The third-order valence-electron chi connectivity index (χ3n) is 1.96. The van der Waals surface area contributed by atoms with Gasteiger partial charge in [0.25, 0.3) is 0 Å². The quantitative estimate of drug-likeness (QED) is 0.409. The second-order valence-corrected chi connectivity index (χ2v) is 3.42. The van der Waals surface area contributed by atoms with Gasteiger partial charge in [-0.1, -0.05) is 12.2 Å². The lowest BCUT2D eigenvalue weighted by molar-refractivity contribution is -0.0683. The molecule has 0 atom stereocenters. The van der Waals surface area contributed by atoms with Gasteiger partial charge in [-0.2, -0.15) is 0 Å². The maximum atomic E-state index is 9.20. The van der Waals surface area contributed by atoms with Crippen molar-refractivity contribution in [1.29, 1.82) is 0 Å². The van der Waals surface area contributed by atoms with Gasteiger partial charge in [0.2, 0.25) is 0 Å². The minimum Gasteiger partial charge on any atom is -0.396 e. The normalized spacial score (nSPS) is 11.3. The molecule has 4 nitrogen and oxygen atoms in total. The van der Waals surface area contributed by atoms with Crippen molar-refractivity contribution in [1.82, 2.24) is 0 Å². The Balaban J connectivity index is 4.03. The predicted octanol–water partition coefficient (Wildman–Crippen LogP) is 0.363. The molecule has 2 N–H and O–H groups in total. The van der Waals surface area contributed by atoms with Crippen LogP contribution in [0.25, 0.3) is 0 Å². The van der Waals surface area contributed by atoms with Gasteiger partial charge in [0.15, 0.2) is 0 Å². The zero-order valence-electron chi connectivity index (χ0n) is 9.02. The highest BCUT2D eigenvalue weighted by atomic mass is 16.5. The summed E-state index contributed by atoms with van der Waals surface area (Å²) in [5.41, 5.74) is -0.744. The first kappa shape index (κ1) is 14.3. The van der Waals surface area contributed by atoms with Crippen LogP contribution in [0.5, 0.6) is 0 Å². The van der Waals surface area contributed by atoms with Crippen molar-refractivity contribution < 1.29 is 19.7 Å². The van der Waals surface area contributed by atoms with Crippen LogP contribution >= 0.6 is 0 Å². The van der Waals surface area contributed by atoms with Gasteiger partial charge in [-0.3, -0.25) is 0 Å². The zero-order valence-corrected chi connectivity index (χ0v) is 9.02. The van der Waals surface area contributed by atoms with Gasteiger partial charge in [0, 0.05) is 0 Å². The molecule has 0 spiro atoms. The number of aliphatic hydroxyl groups excluding tert-OH is 2. The Morgan fingerprint density at radius 3 is 1.60 bits per heavy atom. The van der Waals surface area contributed by atoms with Crippen LogP contribution in [-0.2, 0) is 9.47 Å². The lowest BCUT2D eigenvalue weighted by Gasteiger charge is -2.28. The van der Waals surface area contributed by atoms with Crippen LogP contribution in [0, 0.1) is 5.41 Å². The Kier molecular flexibility index (Phi) is 8.22. The summed E-state index contributed by atoms with van der Waals surface area (Å²) in [6.45, 7) is 7.92. The van der Waals surface area contributed by atoms with Crippen LogP contribution in [0.4, 0.5) is 0 Å². The number of hydrogen-bond acceptors (Lipinski definition) is 4. The molecular weight excluding hydrogens is 196 g/mol. The molecule has 0 saturated heterocycles. The van der Waals surface area contributed by atoms with Crippen molar-refractivity contribution in [3.63, 3.8) is 0 Å². The van der Waals surface area contributed by atoms with Crippen molar-refractivity contribution in [2.75, 3.05) is 39.6 Å². The number of hydrogen-bond donors (Lipinski definition) is 2. The zero-order chi connectivity index (χ0) is 11.6. The van der Waals surface area contributed by atoms with Gasteiger partial charge < -0.3 is 19.7 Å². The standard InChI is InChI=1S/C11H20O4/c1-3-5-14-9-11(7-12,8-13)10-15-6-4-2/h3-4,12-13H,1-2,5-10H2. The molecule has 0 heterocycles.